The van der Waals surface area contributed by atoms with E-state index in [1.807, 2.05) is 0 Å². The Morgan fingerprint density at radius 1 is 0.857 bits per heavy atom. The standard InChI is InChI=1S/AsCl5F/c2-1(3,4,5,6)7/q-1. The van der Waals surface area contributed by atoms with Gasteiger partial charge in [0.15, 0.2) is 0 Å². The third-order valence-electron chi connectivity index (χ3n) is 0. The number of hydrogen-bond donors (Lipinski definition) is 0. The summed E-state index contributed by atoms with van der Waals surface area (Å²) < 4.78 is 12.1. The van der Waals surface area contributed by atoms with Gasteiger partial charge >= 0.3 is 60.3 Å². The van der Waals surface area contributed by atoms with Crippen LogP contribution in [0.3, 0.4) is 0 Å². The molecule has 0 radical (unpaired) electrons. The van der Waals surface area contributed by atoms with Gasteiger partial charge in [-0.3, -0.25) is 0 Å². The van der Waals surface area contributed by atoms with Crippen LogP contribution >= 0.6 is 49.7 Å². The number of halogens is 6. The second kappa shape index (κ2) is 1.33. The Morgan fingerprint density at radius 3 is 0.857 bits per heavy atom. The molecule has 0 aromatic carbocycles. The molecule has 0 aromatic heterocycles. The van der Waals surface area contributed by atoms with E-state index in [-0.39, 0.29) is 0 Å². The van der Waals surface area contributed by atoms with Crippen LogP contribution in [0.1, 0.15) is 0 Å². The molecule has 0 atom stereocenters. The molecule has 7 heavy (non-hydrogen) atoms. The third-order valence-corrected chi connectivity index (χ3v) is 0. The second-order valence-corrected chi connectivity index (χ2v) is 34.9. The van der Waals surface area contributed by atoms with Crippen LogP contribution in [0.15, 0.2) is 0 Å². The SMILES string of the molecule is F[As-](Cl)(Cl)(Cl)(Cl)Cl. The molecule has 0 rings (SSSR count). The molecule has 0 bridgehead atoms. The molecular formula is AsCl5F-. The summed E-state index contributed by atoms with van der Waals surface area (Å²) in [5.41, 5.74) is 0. The third kappa shape index (κ3) is 74.5. The Balaban J connectivity index is 4.43. The van der Waals surface area contributed by atoms with Crippen LogP contribution in [0.5, 0.6) is 0 Å². The first-order valence-electron chi connectivity index (χ1n) is 1.01. The molecule has 0 spiro atoms. The normalized spacial score (nSPS) is 23.1. The first-order chi connectivity index (χ1) is 2.45. The zero-order valence-electron chi connectivity index (χ0n) is 2.72. The van der Waals surface area contributed by atoms with E-state index in [4.69, 9.17) is 0 Å². The predicted octanol–water partition coefficient (Wildman–Crippen LogP) is 3.49. The van der Waals surface area contributed by atoms with E-state index in [1.165, 1.54) is 0 Å². The van der Waals surface area contributed by atoms with Crippen LogP contribution in [0.2, 0.25) is 0 Å². The molecule has 0 heterocycles. The Bertz CT molecular complexity index is 66.6. The van der Waals surface area contributed by atoms with Crippen molar-refractivity contribution in [1.29, 1.82) is 0 Å². The molecule has 7 heteroatoms. The van der Waals surface area contributed by atoms with Gasteiger partial charge in [0.05, 0.1) is 0 Å². The molecule has 0 amide bonds. The van der Waals surface area contributed by atoms with Crippen molar-refractivity contribution < 1.29 is 3.47 Å². The molecule has 0 saturated carbocycles. The quantitative estimate of drug-likeness (QED) is 0.592. The summed E-state index contributed by atoms with van der Waals surface area (Å²) in [4.78, 5) is 0. The molecule has 0 unspecified atom stereocenters. The fraction of sp³-hybridized carbons (Fsp3) is 0. The first kappa shape index (κ1) is 8.94. The molecule has 0 aliphatic heterocycles. The van der Waals surface area contributed by atoms with Gasteiger partial charge in [0.25, 0.3) is 0 Å². The minimum absolute atomic E-state index is 4.61. The Hall–Kier alpha value is 1.94. The van der Waals surface area contributed by atoms with Gasteiger partial charge in [0.2, 0.25) is 0 Å². The summed E-state index contributed by atoms with van der Waals surface area (Å²) in [5, 5.41) is 0. The maximum atomic E-state index is 12.1. The van der Waals surface area contributed by atoms with Gasteiger partial charge in [-0.05, 0) is 0 Å². The summed E-state index contributed by atoms with van der Waals surface area (Å²) in [5.74, 6) is 0. The summed E-state index contributed by atoms with van der Waals surface area (Å²) in [7, 11) is 16.9. The van der Waals surface area contributed by atoms with Crippen molar-refractivity contribution in [2.75, 3.05) is 0 Å². The van der Waals surface area contributed by atoms with Crippen LogP contribution in [0.25, 0.3) is 0 Å². The zero-order chi connectivity index (χ0) is 6.41. The molecule has 0 fully saturated rings. The average molecular weight is 271 g/mol. The van der Waals surface area contributed by atoms with E-state index in [2.05, 4.69) is 49.7 Å². The summed E-state index contributed by atoms with van der Waals surface area (Å²) in [6, 6.07) is 0. The average Bonchev–Trinajstić information content (AvgIpc) is 0.592. The molecule has 0 aromatic rings. The van der Waals surface area contributed by atoms with Crippen molar-refractivity contribution in [2.45, 2.75) is 0 Å². The van der Waals surface area contributed by atoms with E-state index >= 15 is 0 Å². The van der Waals surface area contributed by atoms with Crippen molar-refractivity contribution in [3.8, 4) is 0 Å². The van der Waals surface area contributed by atoms with Crippen molar-refractivity contribution in [3.05, 3.63) is 0 Å². The fourth-order valence-corrected chi connectivity index (χ4v) is 0. The van der Waals surface area contributed by atoms with E-state index in [1.54, 1.807) is 0 Å². The van der Waals surface area contributed by atoms with Gasteiger partial charge in [-0.25, -0.2) is 0 Å². The van der Waals surface area contributed by atoms with Gasteiger partial charge < -0.3 is 0 Å². The molecule has 0 saturated heterocycles. The van der Waals surface area contributed by atoms with Gasteiger partial charge in [-0.1, -0.05) is 0 Å². The van der Waals surface area contributed by atoms with Crippen molar-refractivity contribution >= 4 is 56.9 Å². The summed E-state index contributed by atoms with van der Waals surface area (Å²) >= 11 is 0. The van der Waals surface area contributed by atoms with Crippen LogP contribution in [-0.2, 0) is 0 Å². The molecule has 0 nitrogen and oxygen atoms in total. The Labute approximate surface area is 59.9 Å². The van der Waals surface area contributed by atoms with E-state index in [0.29, 0.717) is 0 Å². The van der Waals surface area contributed by atoms with Crippen LogP contribution < -0.4 is 0 Å². The molecule has 0 aliphatic carbocycles. The Kier molecular flexibility index (Phi) is 1.70. The second-order valence-electron chi connectivity index (χ2n) is 0.958. The van der Waals surface area contributed by atoms with Gasteiger partial charge in [0.1, 0.15) is 0 Å². The first-order valence-corrected chi connectivity index (χ1v) is 14.1. The summed E-state index contributed by atoms with van der Waals surface area (Å²) in [6.07, 6.45) is 0. The number of rotatable bonds is 0. The molecule has 48 valence electrons. The van der Waals surface area contributed by atoms with Crippen LogP contribution in [0.4, 0.5) is 3.47 Å². The topological polar surface area (TPSA) is 0 Å². The van der Waals surface area contributed by atoms with Crippen molar-refractivity contribution in [2.24, 2.45) is 0 Å². The Morgan fingerprint density at radius 2 is 0.857 bits per heavy atom. The molecule has 0 N–H and O–H groups in total. The van der Waals surface area contributed by atoms with E-state index < -0.39 is 7.11 Å². The van der Waals surface area contributed by atoms with E-state index in [0.717, 1.165) is 0 Å². The van der Waals surface area contributed by atoms with Crippen LogP contribution in [0, 0.1) is 0 Å². The van der Waals surface area contributed by atoms with E-state index in [9.17, 15) is 3.47 Å². The van der Waals surface area contributed by atoms with Crippen molar-refractivity contribution in [3.63, 3.8) is 0 Å². The van der Waals surface area contributed by atoms with Gasteiger partial charge in [-0.2, -0.15) is 0 Å². The number of hydrogen-bond acceptors (Lipinski definition) is 0. The van der Waals surface area contributed by atoms with Crippen LogP contribution in [-0.4, -0.2) is 7.11 Å². The molecule has 0 aliphatic rings. The van der Waals surface area contributed by atoms with Crippen molar-refractivity contribution in [1.82, 2.24) is 0 Å². The van der Waals surface area contributed by atoms with Gasteiger partial charge in [0, 0.05) is 0 Å². The summed E-state index contributed by atoms with van der Waals surface area (Å²) in [6.45, 7) is 0. The molecular weight excluding hydrogens is 271 g/mol. The monoisotopic (exact) mass is 269 g/mol. The maximum absolute atomic E-state index is 12.1. The van der Waals surface area contributed by atoms with Gasteiger partial charge in [-0.15, -0.1) is 0 Å². The minimum atomic E-state index is -6.20. The fourth-order valence-electron chi connectivity index (χ4n) is 0. The predicted molar refractivity (Wildman–Crippen MR) is 36.1 cm³/mol. The zero-order valence-corrected chi connectivity index (χ0v) is 8.37.